The van der Waals surface area contributed by atoms with Crippen molar-refractivity contribution in [2.75, 3.05) is 11.4 Å². The predicted molar refractivity (Wildman–Crippen MR) is 66.1 cm³/mol. The molecule has 0 radical (unpaired) electrons. The maximum Gasteiger partial charge on any atom is 0.322 e. The van der Waals surface area contributed by atoms with Crippen LogP contribution in [0.2, 0.25) is 0 Å². The number of nitrogens with zero attached hydrogens (tertiary/aromatic N) is 2. The molecule has 1 unspecified atom stereocenters. The predicted octanol–water partition coefficient (Wildman–Crippen LogP) is 1.87. The summed E-state index contributed by atoms with van der Waals surface area (Å²) in [6.45, 7) is 2.81. The second-order valence-electron chi connectivity index (χ2n) is 4.22. The molecule has 0 spiro atoms. The van der Waals surface area contributed by atoms with Crippen LogP contribution in [0.4, 0.5) is 10.5 Å². The molecule has 1 aliphatic rings. The number of benzene rings is 1. The van der Waals surface area contributed by atoms with Crippen molar-refractivity contribution in [2.24, 2.45) is 0 Å². The average molecular weight is 230 g/mol. The van der Waals surface area contributed by atoms with Gasteiger partial charge in [0.05, 0.1) is 23.4 Å². The molecule has 1 saturated heterocycles. The van der Waals surface area contributed by atoms with E-state index >= 15 is 0 Å². The van der Waals surface area contributed by atoms with Crippen molar-refractivity contribution in [1.82, 2.24) is 15.3 Å². The third kappa shape index (κ3) is 1.54. The smallest absolute Gasteiger partial charge is 0.322 e. The SMILES string of the molecule is CCC1CNC(=O)N1c1ccc2nc[nH]c2c1. The number of fused-ring (bicyclic) bond motifs is 1. The van der Waals surface area contributed by atoms with Gasteiger partial charge in [-0.2, -0.15) is 0 Å². The lowest BCUT2D eigenvalue weighted by molar-refractivity contribution is 0.251. The molecule has 0 bridgehead atoms. The maximum atomic E-state index is 11.8. The van der Waals surface area contributed by atoms with Crippen molar-refractivity contribution in [3.63, 3.8) is 0 Å². The number of hydrogen-bond donors (Lipinski definition) is 2. The van der Waals surface area contributed by atoms with Crippen molar-refractivity contribution in [2.45, 2.75) is 19.4 Å². The molecule has 1 atom stereocenters. The van der Waals surface area contributed by atoms with Gasteiger partial charge >= 0.3 is 6.03 Å². The number of carbonyl (C=O) groups is 1. The topological polar surface area (TPSA) is 61.0 Å². The molecule has 2 heterocycles. The number of aromatic amines is 1. The van der Waals surface area contributed by atoms with Crippen molar-refractivity contribution in [3.05, 3.63) is 24.5 Å². The maximum absolute atomic E-state index is 11.8. The molecule has 2 aromatic rings. The summed E-state index contributed by atoms with van der Waals surface area (Å²) in [6, 6.07) is 6.06. The summed E-state index contributed by atoms with van der Waals surface area (Å²) in [4.78, 5) is 20.9. The highest BCUT2D eigenvalue weighted by molar-refractivity contribution is 5.96. The molecule has 17 heavy (non-hydrogen) atoms. The van der Waals surface area contributed by atoms with Crippen molar-refractivity contribution in [1.29, 1.82) is 0 Å². The number of urea groups is 1. The number of H-pyrrole nitrogens is 1. The molecule has 0 aliphatic carbocycles. The van der Waals surface area contributed by atoms with Crippen molar-refractivity contribution < 1.29 is 4.79 Å². The normalized spacial score (nSPS) is 19.9. The lowest BCUT2D eigenvalue weighted by Gasteiger charge is -2.21. The zero-order valence-electron chi connectivity index (χ0n) is 9.60. The minimum Gasteiger partial charge on any atom is -0.345 e. The van der Waals surface area contributed by atoms with Crippen LogP contribution in [0.1, 0.15) is 13.3 Å². The first-order valence-electron chi connectivity index (χ1n) is 5.80. The second kappa shape index (κ2) is 3.76. The largest absolute Gasteiger partial charge is 0.345 e. The number of aromatic nitrogens is 2. The van der Waals surface area contributed by atoms with Crippen LogP contribution in [0, 0.1) is 0 Å². The molecular weight excluding hydrogens is 216 g/mol. The fraction of sp³-hybridized carbons (Fsp3) is 0.333. The van der Waals surface area contributed by atoms with Crippen molar-refractivity contribution >= 4 is 22.8 Å². The number of anilines is 1. The monoisotopic (exact) mass is 230 g/mol. The van der Waals surface area contributed by atoms with Crippen LogP contribution in [0.3, 0.4) is 0 Å². The quantitative estimate of drug-likeness (QED) is 0.827. The first-order valence-corrected chi connectivity index (χ1v) is 5.80. The third-order valence-corrected chi connectivity index (χ3v) is 3.23. The van der Waals surface area contributed by atoms with Crippen LogP contribution in [-0.2, 0) is 0 Å². The highest BCUT2D eigenvalue weighted by atomic mass is 16.2. The van der Waals surface area contributed by atoms with Gasteiger partial charge in [-0.25, -0.2) is 9.78 Å². The summed E-state index contributed by atoms with van der Waals surface area (Å²) in [6.07, 6.45) is 2.61. The Morgan fingerprint density at radius 1 is 1.53 bits per heavy atom. The van der Waals surface area contributed by atoms with Gasteiger partial charge in [-0.1, -0.05) is 6.92 Å². The number of rotatable bonds is 2. The molecule has 2 N–H and O–H groups in total. The Balaban J connectivity index is 2.04. The molecule has 88 valence electrons. The minimum atomic E-state index is -0.0179. The third-order valence-electron chi connectivity index (χ3n) is 3.23. The van der Waals surface area contributed by atoms with E-state index in [1.54, 1.807) is 6.33 Å². The Labute approximate surface area is 98.8 Å². The van der Waals surface area contributed by atoms with Gasteiger partial charge in [-0.15, -0.1) is 0 Å². The number of hydrogen-bond acceptors (Lipinski definition) is 2. The molecule has 3 rings (SSSR count). The van der Waals surface area contributed by atoms with Gasteiger partial charge in [0.15, 0.2) is 0 Å². The number of amides is 2. The van der Waals surface area contributed by atoms with E-state index in [1.165, 1.54) is 0 Å². The molecule has 1 aromatic heterocycles. The van der Waals surface area contributed by atoms with E-state index in [-0.39, 0.29) is 12.1 Å². The zero-order chi connectivity index (χ0) is 11.8. The molecular formula is C12H14N4O. The Morgan fingerprint density at radius 3 is 3.24 bits per heavy atom. The van der Waals surface area contributed by atoms with E-state index in [0.29, 0.717) is 0 Å². The average Bonchev–Trinajstić information content (AvgIpc) is 2.93. The van der Waals surface area contributed by atoms with E-state index in [2.05, 4.69) is 22.2 Å². The van der Waals surface area contributed by atoms with Gasteiger partial charge in [-0.3, -0.25) is 4.90 Å². The standard InChI is InChI=1S/C12H14N4O/c1-2-8-6-13-12(17)16(8)9-3-4-10-11(5-9)15-7-14-10/h3-5,7-8H,2,6H2,1H3,(H,13,17)(H,14,15). The van der Waals surface area contributed by atoms with Crippen LogP contribution >= 0.6 is 0 Å². The number of carbonyl (C=O) groups excluding carboxylic acids is 1. The van der Waals surface area contributed by atoms with E-state index in [4.69, 9.17) is 0 Å². The molecule has 5 nitrogen and oxygen atoms in total. The fourth-order valence-electron chi connectivity index (χ4n) is 2.28. The van der Waals surface area contributed by atoms with E-state index in [9.17, 15) is 4.79 Å². The summed E-state index contributed by atoms with van der Waals surface area (Å²) in [5.41, 5.74) is 2.79. The van der Waals surface area contributed by atoms with Gasteiger partial charge < -0.3 is 10.3 Å². The van der Waals surface area contributed by atoms with Gasteiger partial charge in [0.1, 0.15) is 0 Å². The van der Waals surface area contributed by atoms with Crippen LogP contribution in [0.15, 0.2) is 24.5 Å². The Morgan fingerprint density at radius 2 is 2.41 bits per heavy atom. The van der Waals surface area contributed by atoms with E-state index < -0.39 is 0 Å². The molecule has 5 heteroatoms. The lowest BCUT2D eigenvalue weighted by atomic mass is 10.2. The summed E-state index contributed by atoms with van der Waals surface area (Å²) < 4.78 is 0. The van der Waals surface area contributed by atoms with E-state index in [0.717, 1.165) is 29.7 Å². The number of nitrogens with one attached hydrogen (secondary N) is 2. The summed E-state index contributed by atoms with van der Waals surface area (Å²) in [5.74, 6) is 0. The molecule has 1 fully saturated rings. The molecule has 2 amide bonds. The van der Waals surface area contributed by atoms with Crippen LogP contribution in [-0.4, -0.2) is 28.6 Å². The number of imidazole rings is 1. The summed E-state index contributed by atoms with van der Waals surface area (Å²) >= 11 is 0. The highest BCUT2D eigenvalue weighted by Gasteiger charge is 2.30. The van der Waals surface area contributed by atoms with Gasteiger partial charge in [0.2, 0.25) is 0 Å². The molecule has 0 saturated carbocycles. The van der Waals surface area contributed by atoms with Crippen LogP contribution in [0.5, 0.6) is 0 Å². The van der Waals surface area contributed by atoms with E-state index in [1.807, 2.05) is 23.1 Å². The summed E-state index contributed by atoms with van der Waals surface area (Å²) in [5, 5.41) is 2.87. The lowest BCUT2D eigenvalue weighted by Crippen LogP contribution is -2.33. The van der Waals surface area contributed by atoms with Gasteiger partial charge in [0, 0.05) is 12.2 Å². The highest BCUT2D eigenvalue weighted by Crippen LogP contribution is 2.24. The Hall–Kier alpha value is -2.04. The van der Waals surface area contributed by atoms with Crippen molar-refractivity contribution in [3.8, 4) is 0 Å². The fourth-order valence-corrected chi connectivity index (χ4v) is 2.28. The first-order chi connectivity index (χ1) is 8.29. The first kappa shape index (κ1) is 10.1. The minimum absolute atomic E-state index is 0.0179. The second-order valence-corrected chi connectivity index (χ2v) is 4.22. The van der Waals surface area contributed by atoms with Gasteiger partial charge in [-0.05, 0) is 24.6 Å². The zero-order valence-corrected chi connectivity index (χ0v) is 9.60. The van der Waals surface area contributed by atoms with Gasteiger partial charge in [0.25, 0.3) is 0 Å². The Kier molecular flexibility index (Phi) is 2.24. The van der Waals surface area contributed by atoms with Crippen LogP contribution in [0.25, 0.3) is 11.0 Å². The molecule has 1 aliphatic heterocycles. The molecule has 1 aromatic carbocycles. The summed E-state index contributed by atoms with van der Waals surface area (Å²) in [7, 11) is 0. The Bertz CT molecular complexity index is 562. The van der Waals surface area contributed by atoms with Crippen LogP contribution < -0.4 is 10.2 Å².